The van der Waals surface area contributed by atoms with Crippen LogP contribution in [0, 0.1) is 0 Å². The lowest BCUT2D eigenvalue weighted by molar-refractivity contribution is -0.111. The van der Waals surface area contributed by atoms with E-state index < -0.39 is 11.9 Å². The van der Waals surface area contributed by atoms with Crippen molar-refractivity contribution >= 4 is 39.8 Å². The first kappa shape index (κ1) is 24.7. The highest BCUT2D eigenvalue weighted by Crippen LogP contribution is 2.22. The summed E-state index contributed by atoms with van der Waals surface area (Å²) >= 11 is 0. The molecule has 3 rings (SSSR count). The minimum absolute atomic E-state index is 0.0704. The highest BCUT2D eigenvalue weighted by Gasteiger charge is 2.15. The van der Waals surface area contributed by atoms with Crippen molar-refractivity contribution in [2.45, 2.75) is 13.3 Å². The molecule has 176 valence electrons. The van der Waals surface area contributed by atoms with Gasteiger partial charge in [0.1, 0.15) is 0 Å². The number of carboxylic acid groups (broad SMARTS) is 1. The Hall–Kier alpha value is -3.97. The topological polar surface area (TPSA) is 98.7 Å². The second kappa shape index (κ2) is 11.2. The van der Waals surface area contributed by atoms with Gasteiger partial charge in [0, 0.05) is 18.2 Å². The number of allylic oxidation sites excluding steroid dienone is 1. The predicted octanol–water partition coefficient (Wildman–Crippen LogP) is 4.26. The van der Waals surface area contributed by atoms with E-state index in [0.29, 0.717) is 6.54 Å². The van der Waals surface area contributed by atoms with E-state index in [1.54, 1.807) is 0 Å². The summed E-state index contributed by atoms with van der Waals surface area (Å²) in [7, 11) is 3.91. The van der Waals surface area contributed by atoms with E-state index in [1.807, 2.05) is 68.4 Å². The molecular formula is C27H29N3O4. The van der Waals surface area contributed by atoms with Crippen molar-refractivity contribution in [3.8, 4) is 0 Å². The third-order valence-electron chi connectivity index (χ3n) is 5.39. The van der Waals surface area contributed by atoms with Gasteiger partial charge in [0.05, 0.1) is 11.3 Å². The minimum Gasteiger partial charge on any atom is -0.478 e. The average molecular weight is 460 g/mol. The predicted molar refractivity (Wildman–Crippen MR) is 135 cm³/mol. The molecule has 2 amide bonds. The Kier molecular flexibility index (Phi) is 8.16. The number of aromatic carboxylic acids is 1. The van der Waals surface area contributed by atoms with Gasteiger partial charge in [0.15, 0.2) is 0 Å². The molecule has 7 heteroatoms. The highest BCUT2D eigenvalue weighted by molar-refractivity contribution is 6.08. The van der Waals surface area contributed by atoms with Gasteiger partial charge in [-0.1, -0.05) is 36.4 Å². The van der Waals surface area contributed by atoms with Crippen LogP contribution in [0.15, 0.2) is 66.7 Å². The number of anilines is 1. The van der Waals surface area contributed by atoms with Gasteiger partial charge in [-0.25, -0.2) is 4.79 Å². The lowest BCUT2D eigenvalue weighted by atomic mass is 10.0. The smallest absolute Gasteiger partial charge is 0.337 e. The molecule has 3 N–H and O–H groups in total. The maximum Gasteiger partial charge on any atom is 0.337 e. The summed E-state index contributed by atoms with van der Waals surface area (Å²) in [6, 6.07) is 18.0. The van der Waals surface area contributed by atoms with Gasteiger partial charge >= 0.3 is 5.97 Å². The van der Waals surface area contributed by atoms with E-state index >= 15 is 0 Å². The maximum absolute atomic E-state index is 12.7. The van der Waals surface area contributed by atoms with Crippen molar-refractivity contribution in [3.63, 3.8) is 0 Å². The van der Waals surface area contributed by atoms with Crippen LogP contribution in [0.5, 0.6) is 0 Å². The van der Waals surface area contributed by atoms with Gasteiger partial charge in [-0.05, 0) is 80.2 Å². The van der Waals surface area contributed by atoms with Crippen molar-refractivity contribution in [3.05, 3.63) is 83.4 Å². The molecular weight excluding hydrogens is 430 g/mol. The Morgan fingerprint density at radius 1 is 0.941 bits per heavy atom. The molecule has 0 aliphatic carbocycles. The second-order valence-corrected chi connectivity index (χ2v) is 8.36. The molecule has 3 aromatic carbocycles. The Balaban J connectivity index is 1.76. The Morgan fingerprint density at radius 3 is 2.35 bits per heavy atom. The van der Waals surface area contributed by atoms with Crippen LogP contribution in [0.2, 0.25) is 0 Å². The number of amides is 2. The molecule has 0 unspecified atom stereocenters. The zero-order valence-electron chi connectivity index (χ0n) is 19.6. The molecule has 0 atom stereocenters. The summed E-state index contributed by atoms with van der Waals surface area (Å²) in [5, 5.41) is 17.1. The summed E-state index contributed by atoms with van der Waals surface area (Å²) < 4.78 is 0. The summed E-state index contributed by atoms with van der Waals surface area (Å²) in [5.41, 5.74) is 1.88. The summed E-state index contributed by atoms with van der Waals surface area (Å²) in [6.07, 6.45) is 2.21. The van der Waals surface area contributed by atoms with E-state index in [0.717, 1.165) is 34.9 Å². The van der Waals surface area contributed by atoms with Crippen molar-refractivity contribution in [2.75, 3.05) is 32.5 Å². The largest absolute Gasteiger partial charge is 0.478 e. The van der Waals surface area contributed by atoms with Crippen molar-refractivity contribution in [1.29, 1.82) is 0 Å². The summed E-state index contributed by atoms with van der Waals surface area (Å²) in [5.74, 6) is -1.99. The lowest BCUT2D eigenvalue weighted by Gasteiger charge is -2.12. The van der Waals surface area contributed by atoms with E-state index in [1.165, 1.54) is 24.3 Å². The van der Waals surface area contributed by atoms with Crippen LogP contribution < -0.4 is 10.6 Å². The molecule has 0 fully saturated rings. The fourth-order valence-electron chi connectivity index (χ4n) is 3.56. The Labute approximate surface area is 199 Å². The van der Waals surface area contributed by atoms with Gasteiger partial charge in [0.2, 0.25) is 5.91 Å². The SMILES string of the molecule is CC(=CC(=O)Nc1cc(C(=O)NCCCN(C)C)ccc1C(=O)O)c1ccc2ccccc2c1. The van der Waals surface area contributed by atoms with Crippen LogP contribution in [0.25, 0.3) is 16.3 Å². The zero-order chi connectivity index (χ0) is 24.7. The van der Waals surface area contributed by atoms with E-state index in [-0.39, 0.29) is 22.7 Å². The van der Waals surface area contributed by atoms with Crippen molar-refractivity contribution in [1.82, 2.24) is 10.2 Å². The van der Waals surface area contributed by atoms with Gasteiger partial charge in [-0.3, -0.25) is 9.59 Å². The van der Waals surface area contributed by atoms with E-state index in [9.17, 15) is 19.5 Å². The molecule has 0 bridgehead atoms. The van der Waals surface area contributed by atoms with Crippen LogP contribution in [-0.2, 0) is 4.79 Å². The summed E-state index contributed by atoms with van der Waals surface area (Å²) in [4.78, 5) is 38.9. The van der Waals surface area contributed by atoms with Crippen LogP contribution in [0.4, 0.5) is 5.69 Å². The number of hydrogen-bond donors (Lipinski definition) is 3. The molecule has 0 heterocycles. The summed E-state index contributed by atoms with van der Waals surface area (Å²) in [6.45, 7) is 3.15. The standard InChI is InChI=1S/C27H29N3O4/c1-18(20-10-9-19-7-4-5-8-21(19)16-20)15-25(31)29-24-17-22(11-12-23(24)27(33)34)26(32)28-13-6-14-30(2)3/h4-5,7-12,15-17H,6,13-14H2,1-3H3,(H,28,32)(H,29,31)(H,33,34). The number of benzene rings is 3. The van der Waals surface area contributed by atoms with Crippen LogP contribution >= 0.6 is 0 Å². The fourth-order valence-corrected chi connectivity index (χ4v) is 3.56. The molecule has 0 aliphatic rings. The monoisotopic (exact) mass is 459 g/mol. The molecule has 3 aromatic rings. The number of nitrogens with zero attached hydrogens (tertiary/aromatic N) is 1. The molecule has 34 heavy (non-hydrogen) atoms. The normalized spacial score (nSPS) is 11.5. The molecule has 0 aliphatic heterocycles. The Bertz CT molecular complexity index is 1250. The molecule has 0 saturated heterocycles. The minimum atomic E-state index is -1.19. The quantitative estimate of drug-likeness (QED) is 0.328. The second-order valence-electron chi connectivity index (χ2n) is 8.36. The number of carboxylic acids is 1. The third kappa shape index (κ3) is 6.52. The molecule has 0 saturated carbocycles. The van der Waals surface area contributed by atoms with E-state index in [2.05, 4.69) is 10.6 Å². The number of fused-ring (bicyclic) bond motifs is 1. The van der Waals surface area contributed by atoms with Crippen LogP contribution in [0.3, 0.4) is 0 Å². The van der Waals surface area contributed by atoms with Gasteiger partial charge in [-0.2, -0.15) is 0 Å². The van der Waals surface area contributed by atoms with Crippen molar-refractivity contribution in [2.24, 2.45) is 0 Å². The lowest BCUT2D eigenvalue weighted by Crippen LogP contribution is -2.27. The number of rotatable bonds is 9. The van der Waals surface area contributed by atoms with E-state index in [4.69, 9.17) is 0 Å². The fraction of sp³-hybridized carbons (Fsp3) is 0.222. The highest BCUT2D eigenvalue weighted by atomic mass is 16.4. The first-order valence-electron chi connectivity index (χ1n) is 11.0. The molecule has 0 spiro atoms. The third-order valence-corrected chi connectivity index (χ3v) is 5.39. The first-order chi connectivity index (χ1) is 16.2. The number of nitrogens with one attached hydrogen (secondary N) is 2. The number of hydrogen-bond acceptors (Lipinski definition) is 4. The van der Waals surface area contributed by atoms with Crippen LogP contribution in [-0.4, -0.2) is 55.0 Å². The van der Waals surface area contributed by atoms with Gasteiger partial charge < -0.3 is 20.6 Å². The Morgan fingerprint density at radius 2 is 1.65 bits per heavy atom. The van der Waals surface area contributed by atoms with Gasteiger partial charge in [0.25, 0.3) is 5.91 Å². The average Bonchev–Trinajstić information content (AvgIpc) is 2.80. The van der Waals surface area contributed by atoms with Crippen LogP contribution in [0.1, 0.15) is 39.6 Å². The number of carbonyl (C=O) groups is 3. The van der Waals surface area contributed by atoms with Gasteiger partial charge in [-0.15, -0.1) is 0 Å². The zero-order valence-corrected chi connectivity index (χ0v) is 19.6. The molecule has 7 nitrogen and oxygen atoms in total. The first-order valence-corrected chi connectivity index (χ1v) is 11.0. The number of carbonyl (C=O) groups excluding carboxylic acids is 2. The maximum atomic E-state index is 12.7. The van der Waals surface area contributed by atoms with Crippen molar-refractivity contribution < 1.29 is 19.5 Å². The molecule has 0 radical (unpaired) electrons. The molecule has 0 aromatic heterocycles.